The first kappa shape index (κ1) is 11.6. The molecule has 0 aliphatic carbocycles. The molecule has 15 heavy (non-hydrogen) atoms. The standard InChI is InChI=1S/C9H11F2NO3/c1-5-8(9(2,10)11)15-6(12-5)3-4-7(13)14/h3-4H2,1-2H3,(H,13,14). The van der Waals surface area contributed by atoms with Crippen molar-refractivity contribution in [3.8, 4) is 0 Å². The topological polar surface area (TPSA) is 63.3 Å². The van der Waals surface area contributed by atoms with Gasteiger partial charge < -0.3 is 9.52 Å². The number of halogens is 2. The number of aromatic nitrogens is 1. The van der Waals surface area contributed by atoms with E-state index in [-0.39, 0.29) is 24.4 Å². The maximum Gasteiger partial charge on any atom is 0.303 e. The highest BCUT2D eigenvalue weighted by atomic mass is 19.3. The number of oxazole rings is 1. The molecule has 0 unspecified atom stereocenters. The van der Waals surface area contributed by atoms with Crippen molar-refractivity contribution in [2.45, 2.75) is 32.6 Å². The monoisotopic (exact) mass is 219 g/mol. The van der Waals surface area contributed by atoms with Crippen LogP contribution in [0.4, 0.5) is 8.78 Å². The van der Waals surface area contributed by atoms with E-state index in [0.29, 0.717) is 6.92 Å². The third-order valence-corrected chi connectivity index (χ3v) is 1.79. The minimum atomic E-state index is -3.08. The largest absolute Gasteiger partial charge is 0.481 e. The Bertz CT molecular complexity index is 368. The molecule has 6 heteroatoms. The molecule has 0 spiro atoms. The van der Waals surface area contributed by atoms with Crippen LogP contribution in [-0.2, 0) is 17.1 Å². The maximum absolute atomic E-state index is 12.9. The number of nitrogens with zero attached hydrogens (tertiary/aromatic N) is 1. The van der Waals surface area contributed by atoms with E-state index in [1.165, 1.54) is 6.92 Å². The number of carbonyl (C=O) groups is 1. The van der Waals surface area contributed by atoms with Crippen LogP contribution in [-0.4, -0.2) is 16.1 Å². The molecule has 4 nitrogen and oxygen atoms in total. The minimum absolute atomic E-state index is 0.0201. The van der Waals surface area contributed by atoms with Gasteiger partial charge in [0.2, 0.25) is 0 Å². The Balaban J connectivity index is 2.82. The summed E-state index contributed by atoms with van der Waals surface area (Å²) in [7, 11) is 0. The molecular formula is C9H11F2NO3. The van der Waals surface area contributed by atoms with Gasteiger partial charge in [0, 0.05) is 13.3 Å². The molecule has 0 amide bonds. The fourth-order valence-corrected chi connectivity index (χ4v) is 1.18. The summed E-state index contributed by atoms with van der Waals surface area (Å²) in [5.41, 5.74) is 0.0999. The SMILES string of the molecule is Cc1nc(CCC(=O)O)oc1C(C)(F)F. The van der Waals surface area contributed by atoms with E-state index in [0.717, 1.165) is 0 Å². The number of hydrogen-bond acceptors (Lipinski definition) is 3. The molecule has 0 aliphatic rings. The summed E-state index contributed by atoms with van der Waals surface area (Å²) in [6.07, 6.45) is -0.166. The molecule has 0 fully saturated rings. The fourth-order valence-electron chi connectivity index (χ4n) is 1.18. The lowest BCUT2D eigenvalue weighted by molar-refractivity contribution is -0.137. The lowest BCUT2D eigenvalue weighted by atomic mass is 10.2. The Kier molecular flexibility index (Phi) is 3.06. The van der Waals surface area contributed by atoms with Crippen LogP contribution in [0.3, 0.4) is 0 Å². The van der Waals surface area contributed by atoms with Crippen LogP contribution < -0.4 is 0 Å². The van der Waals surface area contributed by atoms with Gasteiger partial charge in [0.25, 0.3) is 0 Å². The molecular weight excluding hydrogens is 208 g/mol. The zero-order valence-electron chi connectivity index (χ0n) is 8.38. The molecule has 0 aliphatic heterocycles. The van der Waals surface area contributed by atoms with Crippen LogP contribution in [0.25, 0.3) is 0 Å². The zero-order chi connectivity index (χ0) is 11.6. The van der Waals surface area contributed by atoms with Crippen LogP contribution in [0.2, 0.25) is 0 Å². The van der Waals surface area contributed by atoms with E-state index >= 15 is 0 Å². The summed E-state index contributed by atoms with van der Waals surface area (Å²) in [6, 6.07) is 0. The first-order chi connectivity index (χ1) is 6.80. The molecule has 1 N–H and O–H groups in total. The molecule has 0 aromatic carbocycles. The zero-order valence-corrected chi connectivity index (χ0v) is 8.38. The predicted molar refractivity (Wildman–Crippen MR) is 46.8 cm³/mol. The summed E-state index contributed by atoms with van der Waals surface area (Å²) in [4.78, 5) is 14.0. The van der Waals surface area contributed by atoms with E-state index in [4.69, 9.17) is 9.52 Å². The van der Waals surface area contributed by atoms with E-state index < -0.39 is 17.7 Å². The van der Waals surface area contributed by atoms with E-state index in [2.05, 4.69) is 4.98 Å². The van der Waals surface area contributed by atoms with Crippen LogP contribution in [0.1, 0.15) is 30.7 Å². The minimum Gasteiger partial charge on any atom is -0.481 e. The van der Waals surface area contributed by atoms with Crippen molar-refractivity contribution in [2.75, 3.05) is 0 Å². The third kappa shape index (κ3) is 3.00. The highest BCUT2D eigenvalue weighted by molar-refractivity contribution is 5.66. The number of carboxylic acids is 1. The molecule has 0 saturated carbocycles. The molecule has 0 bridgehead atoms. The average molecular weight is 219 g/mol. The Morgan fingerprint density at radius 2 is 2.20 bits per heavy atom. The summed E-state index contributed by atoms with van der Waals surface area (Å²) in [6.45, 7) is 2.11. The molecule has 84 valence electrons. The van der Waals surface area contributed by atoms with Crippen molar-refractivity contribution >= 4 is 5.97 Å². The van der Waals surface area contributed by atoms with E-state index in [9.17, 15) is 13.6 Å². The Hall–Kier alpha value is -1.46. The number of hydrogen-bond donors (Lipinski definition) is 1. The summed E-state index contributed by atoms with van der Waals surface area (Å²) >= 11 is 0. The molecule has 1 heterocycles. The highest BCUT2D eigenvalue weighted by Crippen LogP contribution is 2.30. The van der Waals surface area contributed by atoms with Crippen molar-refractivity contribution < 1.29 is 23.1 Å². The molecule has 1 aromatic heterocycles. The van der Waals surface area contributed by atoms with Crippen molar-refractivity contribution in [3.05, 3.63) is 17.3 Å². The number of aliphatic carboxylic acids is 1. The summed E-state index contributed by atoms with van der Waals surface area (Å²) in [5, 5.41) is 8.39. The van der Waals surface area contributed by atoms with Gasteiger partial charge in [0.1, 0.15) is 0 Å². The van der Waals surface area contributed by atoms with Gasteiger partial charge in [-0.2, -0.15) is 8.78 Å². The maximum atomic E-state index is 12.9. The van der Waals surface area contributed by atoms with Crippen LogP contribution in [0, 0.1) is 6.92 Å². The van der Waals surface area contributed by atoms with Crippen LogP contribution in [0.15, 0.2) is 4.42 Å². The first-order valence-corrected chi connectivity index (χ1v) is 4.37. The molecule has 0 saturated heterocycles. The van der Waals surface area contributed by atoms with Crippen LogP contribution in [0.5, 0.6) is 0 Å². The number of aryl methyl sites for hydroxylation is 2. The second-order valence-corrected chi connectivity index (χ2v) is 3.30. The summed E-state index contributed by atoms with van der Waals surface area (Å²) < 4.78 is 30.6. The number of rotatable bonds is 4. The fraction of sp³-hybridized carbons (Fsp3) is 0.556. The Morgan fingerprint density at radius 1 is 1.60 bits per heavy atom. The Morgan fingerprint density at radius 3 is 2.60 bits per heavy atom. The highest BCUT2D eigenvalue weighted by Gasteiger charge is 2.32. The van der Waals surface area contributed by atoms with Crippen molar-refractivity contribution in [1.82, 2.24) is 4.98 Å². The summed E-state index contributed by atoms with van der Waals surface area (Å²) in [5.74, 6) is -4.57. The normalized spacial score (nSPS) is 11.7. The van der Waals surface area contributed by atoms with Gasteiger partial charge in [-0.3, -0.25) is 4.79 Å². The molecule has 0 atom stereocenters. The van der Waals surface area contributed by atoms with Crippen LogP contribution >= 0.6 is 0 Å². The number of carboxylic acid groups (broad SMARTS) is 1. The molecule has 0 radical (unpaired) electrons. The average Bonchev–Trinajstić information content (AvgIpc) is 2.42. The van der Waals surface area contributed by atoms with E-state index in [1.807, 2.05) is 0 Å². The predicted octanol–water partition coefficient (Wildman–Crippen LogP) is 2.11. The van der Waals surface area contributed by atoms with Gasteiger partial charge in [-0.1, -0.05) is 0 Å². The Labute approximate surface area is 84.9 Å². The second kappa shape index (κ2) is 3.96. The third-order valence-electron chi connectivity index (χ3n) is 1.79. The van der Waals surface area contributed by atoms with Crippen molar-refractivity contribution in [2.24, 2.45) is 0 Å². The molecule has 1 aromatic rings. The number of alkyl halides is 2. The van der Waals surface area contributed by atoms with Gasteiger partial charge in [-0.15, -0.1) is 0 Å². The molecule has 1 rings (SSSR count). The van der Waals surface area contributed by atoms with Crippen molar-refractivity contribution in [3.63, 3.8) is 0 Å². The first-order valence-electron chi connectivity index (χ1n) is 4.37. The second-order valence-electron chi connectivity index (χ2n) is 3.30. The smallest absolute Gasteiger partial charge is 0.303 e. The van der Waals surface area contributed by atoms with Gasteiger partial charge in [0.15, 0.2) is 11.7 Å². The van der Waals surface area contributed by atoms with E-state index in [1.54, 1.807) is 0 Å². The quantitative estimate of drug-likeness (QED) is 0.842. The van der Waals surface area contributed by atoms with Gasteiger partial charge >= 0.3 is 11.9 Å². The van der Waals surface area contributed by atoms with Gasteiger partial charge in [-0.05, 0) is 6.92 Å². The van der Waals surface area contributed by atoms with Gasteiger partial charge in [0.05, 0.1) is 12.1 Å². The van der Waals surface area contributed by atoms with Gasteiger partial charge in [-0.25, -0.2) is 4.98 Å². The lowest BCUT2D eigenvalue weighted by Gasteiger charge is -2.05. The van der Waals surface area contributed by atoms with Crippen molar-refractivity contribution in [1.29, 1.82) is 0 Å². The lowest BCUT2D eigenvalue weighted by Crippen LogP contribution is -2.07.